The second kappa shape index (κ2) is 7.06. The molecule has 0 saturated heterocycles. The van der Waals surface area contributed by atoms with Crippen LogP contribution in [0.4, 0.5) is 4.79 Å². The van der Waals surface area contributed by atoms with Gasteiger partial charge in [-0.3, -0.25) is 4.72 Å². The Hall–Kier alpha value is -0.380. The van der Waals surface area contributed by atoms with Crippen molar-refractivity contribution in [3.63, 3.8) is 0 Å². The number of carbonyl (C=O) groups is 1. The summed E-state index contributed by atoms with van der Waals surface area (Å²) >= 11 is 1.27. The second-order valence-electron chi connectivity index (χ2n) is 3.79. The first-order valence-electron chi connectivity index (χ1n) is 4.63. The van der Waals surface area contributed by atoms with E-state index in [1.807, 2.05) is 0 Å². The monoisotopic (exact) mass is 205 g/mol. The summed E-state index contributed by atoms with van der Waals surface area (Å²) in [6, 6.07) is 0. The van der Waals surface area contributed by atoms with Crippen LogP contribution < -0.4 is 4.72 Å². The maximum Gasteiger partial charge on any atom is 0.414 e. The molecule has 13 heavy (non-hydrogen) atoms. The van der Waals surface area contributed by atoms with E-state index in [1.54, 1.807) is 0 Å². The van der Waals surface area contributed by atoms with Gasteiger partial charge in [-0.15, -0.1) is 0 Å². The summed E-state index contributed by atoms with van der Waals surface area (Å²) in [6.45, 7) is 6.56. The van der Waals surface area contributed by atoms with Crippen LogP contribution in [0.1, 0.15) is 33.6 Å². The van der Waals surface area contributed by atoms with Crippen LogP contribution in [0.25, 0.3) is 0 Å². The highest BCUT2D eigenvalue weighted by molar-refractivity contribution is 7.97. The van der Waals surface area contributed by atoms with E-state index in [4.69, 9.17) is 5.11 Å². The molecular formula is C9H19NO2S. The topological polar surface area (TPSA) is 49.3 Å². The van der Waals surface area contributed by atoms with Crippen molar-refractivity contribution in [3.05, 3.63) is 0 Å². The molecule has 0 heterocycles. The number of rotatable bonds is 6. The summed E-state index contributed by atoms with van der Waals surface area (Å²) in [5.41, 5.74) is 0. The average molecular weight is 205 g/mol. The van der Waals surface area contributed by atoms with Gasteiger partial charge in [-0.25, -0.2) is 4.79 Å². The lowest BCUT2D eigenvalue weighted by Crippen LogP contribution is -2.14. The van der Waals surface area contributed by atoms with Gasteiger partial charge in [0.15, 0.2) is 0 Å². The maximum absolute atomic E-state index is 10.1. The molecule has 1 amide bonds. The van der Waals surface area contributed by atoms with Gasteiger partial charge in [-0.1, -0.05) is 27.2 Å². The van der Waals surface area contributed by atoms with Crippen molar-refractivity contribution in [2.24, 2.45) is 11.8 Å². The molecule has 0 aliphatic rings. The fraction of sp³-hybridized carbons (Fsp3) is 0.889. The van der Waals surface area contributed by atoms with Crippen LogP contribution >= 0.6 is 11.9 Å². The van der Waals surface area contributed by atoms with E-state index in [1.165, 1.54) is 24.8 Å². The zero-order valence-electron chi connectivity index (χ0n) is 8.54. The van der Waals surface area contributed by atoms with Crippen molar-refractivity contribution in [3.8, 4) is 0 Å². The van der Waals surface area contributed by atoms with Gasteiger partial charge in [0.1, 0.15) is 0 Å². The van der Waals surface area contributed by atoms with Gasteiger partial charge in [0.2, 0.25) is 0 Å². The Kier molecular flexibility index (Phi) is 6.86. The molecule has 2 N–H and O–H groups in total. The molecule has 0 radical (unpaired) electrons. The molecule has 0 aliphatic carbocycles. The lowest BCUT2D eigenvalue weighted by Gasteiger charge is -2.11. The number of carboxylic acid groups (broad SMARTS) is 1. The summed E-state index contributed by atoms with van der Waals surface area (Å²) in [7, 11) is 0. The lowest BCUT2D eigenvalue weighted by molar-refractivity contribution is 0.202. The van der Waals surface area contributed by atoms with Gasteiger partial charge in [-0.2, -0.15) is 0 Å². The third-order valence-corrected chi connectivity index (χ3v) is 2.82. The van der Waals surface area contributed by atoms with Crippen molar-refractivity contribution >= 4 is 18.0 Å². The van der Waals surface area contributed by atoms with E-state index in [0.717, 1.165) is 11.7 Å². The number of nitrogens with one attached hydrogen (secondary N) is 1. The second-order valence-corrected chi connectivity index (χ2v) is 4.62. The zero-order chi connectivity index (χ0) is 10.3. The summed E-state index contributed by atoms with van der Waals surface area (Å²) < 4.78 is 2.30. The highest BCUT2D eigenvalue weighted by Crippen LogP contribution is 2.14. The third-order valence-electron chi connectivity index (χ3n) is 1.76. The molecule has 0 fully saturated rings. The fourth-order valence-electron chi connectivity index (χ4n) is 0.947. The smallest absolute Gasteiger partial charge is 0.414 e. The summed E-state index contributed by atoms with van der Waals surface area (Å²) in [5, 5.41) is 8.31. The normalized spacial score (nSPS) is 12.9. The van der Waals surface area contributed by atoms with Gasteiger partial charge in [0, 0.05) is 5.75 Å². The van der Waals surface area contributed by atoms with Crippen LogP contribution in [0.5, 0.6) is 0 Å². The Balaban J connectivity index is 3.29. The quantitative estimate of drug-likeness (QED) is 0.655. The van der Waals surface area contributed by atoms with E-state index in [9.17, 15) is 4.79 Å². The molecular weight excluding hydrogens is 186 g/mol. The summed E-state index contributed by atoms with van der Waals surface area (Å²) in [4.78, 5) is 10.1. The molecule has 1 unspecified atom stereocenters. The van der Waals surface area contributed by atoms with E-state index in [2.05, 4.69) is 25.5 Å². The molecule has 0 rings (SSSR count). The molecule has 0 saturated carbocycles. The Bertz CT molecular complexity index is 151. The van der Waals surface area contributed by atoms with Crippen molar-refractivity contribution in [2.75, 3.05) is 5.75 Å². The molecule has 4 heteroatoms. The van der Waals surface area contributed by atoms with Crippen molar-refractivity contribution in [1.82, 2.24) is 4.72 Å². The molecule has 0 aromatic carbocycles. The Labute approximate surface area is 84.4 Å². The fourth-order valence-corrected chi connectivity index (χ4v) is 1.60. The SMILES string of the molecule is CC(C)CCC(C)CSNC(=O)O. The lowest BCUT2D eigenvalue weighted by atomic mass is 10.0. The molecule has 1 atom stereocenters. The van der Waals surface area contributed by atoms with Crippen molar-refractivity contribution in [1.29, 1.82) is 0 Å². The first-order chi connectivity index (χ1) is 6.02. The number of hydrogen-bond donors (Lipinski definition) is 2. The predicted octanol–water partition coefficient (Wildman–Crippen LogP) is 2.97. The van der Waals surface area contributed by atoms with Crippen LogP contribution in [0, 0.1) is 11.8 Å². The minimum atomic E-state index is -0.957. The van der Waals surface area contributed by atoms with Crippen LogP contribution in [-0.4, -0.2) is 17.0 Å². The third kappa shape index (κ3) is 9.53. The molecule has 3 nitrogen and oxygen atoms in total. The zero-order valence-corrected chi connectivity index (χ0v) is 9.36. The first kappa shape index (κ1) is 12.6. The molecule has 0 aliphatic heterocycles. The van der Waals surface area contributed by atoms with E-state index < -0.39 is 6.09 Å². The van der Waals surface area contributed by atoms with E-state index in [-0.39, 0.29) is 0 Å². The largest absolute Gasteiger partial charge is 0.464 e. The van der Waals surface area contributed by atoms with Gasteiger partial charge in [0.05, 0.1) is 0 Å². The molecule has 0 aromatic heterocycles. The molecule has 0 spiro atoms. The minimum absolute atomic E-state index is 0.583. The highest BCUT2D eigenvalue weighted by atomic mass is 32.2. The molecule has 0 aromatic rings. The number of amides is 1. The van der Waals surface area contributed by atoms with Crippen molar-refractivity contribution in [2.45, 2.75) is 33.6 Å². The van der Waals surface area contributed by atoms with Gasteiger partial charge in [-0.05, 0) is 30.2 Å². The summed E-state index contributed by atoms with van der Waals surface area (Å²) in [5.74, 6) is 2.18. The predicted molar refractivity (Wildman–Crippen MR) is 56.9 cm³/mol. The minimum Gasteiger partial charge on any atom is -0.464 e. The molecule has 78 valence electrons. The van der Waals surface area contributed by atoms with Crippen LogP contribution in [0.2, 0.25) is 0 Å². The Morgan fingerprint density at radius 3 is 2.46 bits per heavy atom. The first-order valence-corrected chi connectivity index (χ1v) is 5.61. The Morgan fingerprint density at radius 2 is 2.00 bits per heavy atom. The highest BCUT2D eigenvalue weighted by Gasteiger charge is 2.04. The van der Waals surface area contributed by atoms with Crippen LogP contribution in [0.15, 0.2) is 0 Å². The van der Waals surface area contributed by atoms with Crippen LogP contribution in [0.3, 0.4) is 0 Å². The van der Waals surface area contributed by atoms with Crippen LogP contribution in [-0.2, 0) is 0 Å². The van der Waals surface area contributed by atoms with E-state index >= 15 is 0 Å². The van der Waals surface area contributed by atoms with E-state index in [0.29, 0.717) is 5.92 Å². The average Bonchev–Trinajstić information content (AvgIpc) is 2.00. The molecule has 0 bridgehead atoms. The van der Waals surface area contributed by atoms with Gasteiger partial charge >= 0.3 is 6.09 Å². The number of hydrogen-bond acceptors (Lipinski definition) is 2. The van der Waals surface area contributed by atoms with Gasteiger partial charge < -0.3 is 5.11 Å². The van der Waals surface area contributed by atoms with Gasteiger partial charge in [0.25, 0.3) is 0 Å². The maximum atomic E-state index is 10.1. The Morgan fingerprint density at radius 1 is 1.38 bits per heavy atom. The van der Waals surface area contributed by atoms with Crippen molar-refractivity contribution < 1.29 is 9.90 Å². The summed E-state index contributed by atoms with van der Waals surface area (Å²) in [6.07, 6.45) is 1.43. The standard InChI is InChI=1S/C9H19NO2S/c1-7(2)4-5-8(3)6-13-10-9(11)12/h7-8,10H,4-6H2,1-3H3,(H,11,12).